The second kappa shape index (κ2) is 5.70. The first-order valence-corrected chi connectivity index (χ1v) is 7.97. The standard InChI is InChI=1S/C15H26N2O2/c18-9-8-17(12-6-7-12)15(19)16-14-10-13(14)11-4-2-1-3-5-11/h11-14,18H,1-10H2,(H,16,19)/t13-,14-/m1/s1. The van der Waals surface area contributed by atoms with Crippen LogP contribution in [0.5, 0.6) is 0 Å². The quantitative estimate of drug-likeness (QED) is 0.801. The van der Waals surface area contributed by atoms with Gasteiger partial charge in [0.25, 0.3) is 0 Å². The van der Waals surface area contributed by atoms with Crippen molar-refractivity contribution in [1.82, 2.24) is 10.2 Å². The van der Waals surface area contributed by atoms with Gasteiger partial charge < -0.3 is 15.3 Å². The maximum Gasteiger partial charge on any atom is 0.317 e. The molecule has 3 saturated carbocycles. The van der Waals surface area contributed by atoms with Crippen molar-refractivity contribution >= 4 is 6.03 Å². The SMILES string of the molecule is O=C(N[C@@H]1C[C@@H]1C1CCCCC1)N(CCO)C1CC1. The normalized spacial score (nSPS) is 31.0. The molecule has 2 N–H and O–H groups in total. The molecule has 0 heterocycles. The summed E-state index contributed by atoms with van der Waals surface area (Å²) in [5.41, 5.74) is 0. The summed E-state index contributed by atoms with van der Waals surface area (Å²) in [5, 5.41) is 12.2. The molecule has 3 fully saturated rings. The van der Waals surface area contributed by atoms with E-state index in [0.717, 1.165) is 24.7 Å². The molecule has 3 aliphatic carbocycles. The molecule has 0 radical (unpaired) electrons. The van der Waals surface area contributed by atoms with E-state index in [9.17, 15) is 4.79 Å². The Balaban J connectivity index is 1.45. The molecule has 0 aromatic carbocycles. The molecule has 108 valence electrons. The van der Waals surface area contributed by atoms with Gasteiger partial charge in [0.05, 0.1) is 6.61 Å². The fourth-order valence-electron chi connectivity index (χ4n) is 3.65. The highest BCUT2D eigenvalue weighted by molar-refractivity contribution is 5.75. The summed E-state index contributed by atoms with van der Waals surface area (Å²) in [4.78, 5) is 14.0. The van der Waals surface area contributed by atoms with Gasteiger partial charge in [-0.3, -0.25) is 0 Å². The second-order valence-electron chi connectivity index (χ2n) is 6.50. The third-order valence-electron chi connectivity index (χ3n) is 4.99. The molecule has 2 atom stereocenters. The van der Waals surface area contributed by atoms with Crippen LogP contribution in [-0.2, 0) is 0 Å². The lowest BCUT2D eigenvalue weighted by Crippen LogP contribution is -2.44. The molecule has 3 rings (SSSR count). The van der Waals surface area contributed by atoms with Gasteiger partial charge in [-0.25, -0.2) is 4.79 Å². The van der Waals surface area contributed by atoms with E-state index in [1.54, 1.807) is 0 Å². The number of hydrogen-bond acceptors (Lipinski definition) is 2. The maximum atomic E-state index is 12.2. The number of amides is 2. The van der Waals surface area contributed by atoms with E-state index in [0.29, 0.717) is 18.6 Å². The summed E-state index contributed by atoms with van der Waals surface area (Å²) in [5.74, 6) is 1.59. The molecule has 2 amide bonds. The van der Waals surface area contributed by atoms with Crippen molar-refractivity contribution in [3.8, 4) is 0 Å². The minimum atomic E-state index is 0.0554. The van der Waals surface area contributed by atoms with Crippen LogP contribution < -0.4 is 5.32 Å². The summed E-state index contributed by atoms with van der Waals surface area (Å²) in [6.45, 7) is 0.554. The largest absolute Gasteiger partial charge is 0.395 e. The molecule has 0 unspecified atom stereocenters. The molecule has 4 heteroatoms. The lowest BCUT2D eigenvalue weighted by atomic mass is 9.85. The van der Waals surface area contributed by atoms with Crippen LogP contribution in [0.25, 0.3) is 0 Å². The number of carbonyl (C=O) groups excluding carboxylic acids is 1. The van der Waals surface area contributed by atoms with Gasteiger partial charge in [-0.05, 0) is 31.1 Å². The number of urea groups is 1. The predicted octanol–water partition coefficient (Wildman–Crippen LogP) is 2.12. The van der Waals surface area contributed by atoms with Gasteiger partial charge in [0, 0.05) is 18.6 Å². The van der Waals surface area contributed by atoms with Crippen molar-refractivity contribution in [2.75, 3.05) is 13.2 Å². The van der Waals surface area contributed by atoms with Crippen LogP contribution in [0.4, 0.5) is 4.79 Å². The smallest absolute Gasteiger partial charge is 0.317 e. The van der Waals surface area contributed by atoms with Crippen molar-refractivity contribution in [1.29, 1.82) is 0 Å². The monoisotopic (exact) mass is 266 g/mol. The third kappa shape index (κ3) is 3.22. The highest BCUT2D eigenvalue weighted by Gasteiger charge is 2.45. The number of hydrogen-bond donors (Lipinski definition) is 2. The Morgan fingerprint density at radius 1 is 1.16 bits per heavy atom. The lowest BCUT2D eigenvalue weighted by Gasteiger charge is -2.24. The Kier molecular flexibility index (Phi) is 3.96. The first kappa shape index (κ1) is 13.2. The van der Waals surface area contributed by atoms with Crippen molar-refractivity contribution in [2.24, 2.45) is 11.8 Å². The molecule has 19 heavy (non-hydrogen) atoms. The summed E-state index contributed by atoms with van der Waals surface area (Å²) < 4.78 is 0. The fourth-order valence-corrected chi connectivity index (χ4v) is 3.65. The molecule has 0 bridgehead atoms. The van der Waals surface area contributed by atoms with E-state index in [2.05, 4.69) is 5.32 Å². The van der Waals surface area contributed by atoms with E-state index in [1.165, 1.54) is 38.5 Å². The molecular formula is C15H26N2O2. The Morgan fingerprint density at radius 2 is 1.89 bits per heavy atom. The number of nitrogens with zero attached hydrogens (tertiary/aromatic N) is 1. The van der Waals surface area contributed by atoms with Crippen LogP contribution in [0, 0.1) is 11.8 Å². The van der Waals surface area contributed by atoms with Gasteiger partial charge in [0.15, 0.2) is 0 Å². The number of aliphatic hydroxyl groups is 1. The topological polar surface area (TPSA) is 52.6 Å². The van der Waals surface area contributed by atoms with Crippen LogP contribution in [0.1, 0.15) is 51.4 Å². The highest BCUT2D eigenvalue weighted by atomic mass is 16.3. The van der Waals surface area contributed by atoms with Gasteiger partial charge in [-0.2, -0.15) is 0 Å². The van der Waals surface area contributed by atoms with E-state index in [-0.39, 0.29) is 12.6 Å². The van der Waals surface area contributed by atoms with Crippen LogP contribution in [-0.4, -0.2) is 41.3 Å². The number of nitrogens with one attached hydrogen (secondary N) is 1. The van der Waals surface area contributed by atoms with Crippen molar-refractivity contribution in [2.45, 2.75) is 63.5 Å². The molecule has 0 aromatic heterocycles. The molecule has 0 aliphatic heterocycles. The van der Waals surface area contributed by atoms with Crippen LogP contribution in [0.2, 0.25) is 0 Å². The first-order chi connectivity index (χ1) is 9.29. The Hall–Kier alpha value is -0.770. The summed E-state index contributed by atoms with van der Waals surface area (Å²) in [7, 11) is 0. The number of aliphatic hydroxyl groups excluding tert-OH is 1. The van der Waals surface area contributed by atoms with Crippen LogP contribution in [0.15, 0.2) is 0 Å². The maximum absolute atomic E-state index is 12.2. The average molecular weight is 266 g/mol. The molecular weight excluding hydrogens is 240 g/mol. The molecule has 4 nitrogen and oxygen atoms in total. The zero-order chi connectivity index (χ0) is 13.2. The van der Waals surface area contributed by atoms with Gasteiger partial charge in [-0.1, -0.05) is 32.1 Å². The van der Waals surface area contributed by atoms with Gasteiger partial charge in [0.2, 0.25) is 0 Å². The molecule has 3 aliphatic rings. The highest BCUT2D eigenvalue weighted by Crippen LogP contribution is 2.44. The Morgan fingerprint density at radius 3 is 2.53 bits per heavy atom. The number of carbonyl (C=O) groups is 1. The van der Waals surface area contributed by atoms with Crippen LogP contribution in [0.3, 0.4) is 0 Å². The number of rotatable bonds is 5. The second-order valence-corrected chi connectivity index (χ2v) is 6.50. The zero-order valence-electron chi connectivity index (χ0n) is 11.7. The van der Waals surface area contributed by atoms with E-state index >= 15 is 0 Å². The van der Waals surface area contributed by atoms with E-state index in [4.69, 9.17) is 5.11 Å². The average Bonchev–Trinajstić information content (AvgIpc) is 3.31. The fraction of sp³-hybridized carbons (Fsp3) is 0.933. The molecule has 0 spiro atoms. The lowest BCUT2D eigenvalue weighted by molar-refractivity contribution is 0.172. The van der Waals surface area contributed by atoms with Gasteiger partial charge >= 0.3 is 6.03 Å². The first-order valence-electron chi connectivity index (χ1n) is 7.97. The molecule has 0 saturated heterocycles. The van der Waals surface area contributed by atoms with E-state index < -0.39 is 0 Å². The van der Waals surface area contributed by atoms with E-state index in [1.807, 2.05) is 4.90 Å². The summed E-state index contributed by atoms with van der Waals surface area (Å²) >= 11 is 0. The predicted molar refractivity (Wildman–Crippen MR) is 73.8 cm³/mol. The van der Waals surface area contributed by atoms with Crippen molar-refractivity contribution in [3.05, 3.63) is 0 Å². The van der Waals surface area contributed by atoms with Gasteiger partial charge in [0.1, 0.15) is 0 Å². The summed E-state index contributed by atoms with van der Waals surface area (Å²) in [6.07, 6.45) is 10.2. The minimum Gasteiger partial charge on any atom is -0.395 e. The van der Waals surface area contributed by atoms with Crippen LogP contribution >= 0.6 is 0 Å². The van der Waals surface area contributed by atoms with Gasteiger partial charge in [-0.15, -0.1) is 0 Å². The summed E-state index contributed by atoms with van der Waals surface area (Å²) in [6, 6.07) is 0.856. The Bertz CT molecular complexity index is 324. The minimum absolute atomic E-state index is 0.0554. The zero-order valence-corrected chi connectivity index (χ0v) is 11.7. The Labute approximate surface area is 115 Å². The van der Waals surface area contributed by atoms with Crippen molar-refractivity contribution in [3.63, 3.8) is 0 Å². The molecule has 0 aromatic rings. The third-order valence-corrected chi connectivity index (χ3v) is 4.99. The van der Waals surface area contributed by atoms with Crippen molar-refractivity contribution < 1.29 is 9.90 Å².